The molecule has 0 radical (unpaired) electrons. The molecule has 0 atom stereocenters. The van der Waals surface area contributed by atoms with Gasteiger partial charge in [-0.15, -0.1) is 0 Å². The molecular weight excluding hydrogens is 264 g/mol. The lowest BCUT2D eigenvalue weighted by molar-refractivity contribution is -0.141. The fourth-order valence-electron chi connectivity index (χ4n) is 3.23. The number of aromatic hydroxyl groups is 1. The third-order valence-electron chi connectivity index (χ3n) is 4.40. The van der Waals surface area contributed by atoms with E-state index in [9.17, 15) is 9.90 Å². The molecule has 0 aliphatic heterocycles. The lowest BCUT2D eigenvalue weighted by atomic mass is 9.73. The highest BCUT2D eigenvalue weighted by molar-refractivity contribution is 5.82. The van der Waals surface area contributed by atoms with Gasteiger partial charge in [-0.25, -0.2) is 0 Å². The number of nitrogens with zero attached hydrogens (tertiary/aromatic N) is 1. The molecule has 1 saturated carbocycles. The van der Waals surface area contributed by atoms with Crippen LogP contribution in [0.4, 0.5) is 0 Å². The minimum atomic E-state index is -0.237. The van der Waals surface area contributed by atoms with Crippen molar-refractivity contribution >= 4 is 5.91 Å². The van der Waals surface area contributed by atoms with Gasteiger partial charge in [-0.3, -0.25) is 4.79 Å². The zero-order valence-electron chi connectivity index (χ0n) is 13.1. The second-order valence-electron chi connectivity index (χ2n) is 6.31. The number of rotatable bonds is 5. The van der Waals surface area contributed by atoms with Gasteiger partial charge < -0.3 is 15.3 Å². The first kappa shape index (κ1) is 15.8. The first-order valence-electron chi connectivity index (χ1n) is 7.74. The van der Waals surface area contributed by atoms with Crippen molar-refractivity contribution in [1.29, 1.82) is 0 Å². The van der Waals surface area contributed by atoms with Gasteiger partial charge in [0.05, 0.1) is 5.41 Å². The molecule has 4 nitrogen and oxygen atoms in total. The number of hydrogen-bond donors (Lipinski definition) is 2. The third-order valence-corrected chi connectivity index (χ3v) is 4.40. The van der Waals surface area contributed by atoms with E-state index in [0.29, 0.717) is 0 Å². The maximum atomic E-state index is 12.6. The Morgan fingerprint density at radius 2 is 1.81 bits per heavy atom. The van der Waals surface area contributed by atoms with Crippen LogP contribution in [-0.2, 0) is 11.3 Å². The predicted molar refractivity (Wildman–Crippen MR) is 84.0 cm³/mol. The molecule has 2 N–H and O–H groups in total. The fourth-order valence-corrected chi connectivity index (χ4v) is 3.23. The van der Waals surface area contributed by atoms with Crippen molar-refractivity contribution in [2.75, 3.05) is 20.6 Å². The Balaban J connectivity index is 1.96. The monoisotopic (exact) mass is 290 g/mol. The predicted octanol–water partition coefficient (Wildman–Crippen LogP) is 2.52. The molecule has 1 aromatic rings. The van der Waals surface area contributed by atoms with Crippen LogP contribution in [0, 0.1) is 5.41 Å². The number of carbonyl (C=O) groups is 1. The summed E-state index contributed by atoms with van der Waals surface area (Å²) in [4.78, 5) is 14.3. The van der Waals surface area contributed by atoms with Crippen molar-refractivity contribution in [2.24, 2.45) is 5.41 Å². The van der Waals surface area contributed by atoms with Crippen LogP contribution in [0.5, 0.6) is 5.75 Å². The number of nitrogens with one attached hydrogen (secondary N) is 1. The van der Waals surface area contributed by atoms with E-state index in [4.69, 9.17) is 0 Å². The Labute approximate surface area is 127 Å². The number of benzene rings is 1. The molecule has 4 heteroatoms. The highest BCUT2D eigenvalue weighted by atomic mass is 16.3. The van der Waals surface area contributed by atoms with Gasteiger partial charge in [0.15, 0.2) is 0 Å². The summed E-state index contributed by atoms with van der Waals surface area (Å²) >= 11 is 0. The molecule has 0 aromatic heterocycles. The average Bonchev–Trinajstić information content (AvgIpc) is 2.49. The van der Waals surface area contributed by atoms with Crippen LogP contribution in [-0.4, -0.2) is 36.6 Å². The topological polar surface area (TPSA) is 52.6 Å². The van der Waals surface area contributed by atoms with Gasteiger partial charge in [0, 0.05) is 27.2 Å². The molecule has 21 heavy (non-hydrogen) atoms. The van der Waals surface area contributed by atoms with Crippen LogP contribution in [0.25, 0.3) is 0 Å². The SMILES string of the molecule is CN(C)C(=O)C1(CNCc2ccc(O)cc2)CCCCC1. The Kier molecular flexibility index (Phi) is 5.23. The summed E-state index contributed by atoms with van der Waals surface area (Å²) in [6.45, 7) is 1.45. The Hall–Kier alpha value is -1.55. The molecular formula is C17H26N2O2. The molecule has 0 saturated heterocycles. The lowest BCUT2D eigenvalue weighted by Crippen LogP contribution is -2.47. The third kappa shape index (κ3) is 3.97. The summed E-state index contributed by atoms with van der Waals surface area (Å²) in [6.07, 6.45) is 5.47. The number of hydrogen-bond acceptors (Lipinski definition) is 3. The van der Waals surface area contributed by atoms with E-state index in [1.807, 2.05) is 26.2 Å². The summed E-state index contributed by atoms with van der Waals surface area (Å²) < 4.78 is 0. The number of phenolic OH excluding ortho intramolecular Hbond substituents is 1. The molecule has 1 amide bonds. The maximum Gasteiger partial charge on any atom is 0.229 e. The summed E-state index contributed by atoms with van der Waals surface area (Å²) in [6, 6.07) is 7.20. The fraction of sp³-hybridized carbons (Fsp3) is 0.588. The van der Waals surface area contributed by atoms with Crippen molar-refractivity contribution in [3.05, 3.63) is 29.8 Å². The van der Waals surface area contributed by atoms with Gasteiger partial charge in [-0.2, -0.15) is 0 Å². The molecule has 1 aliphatic rings. The van der Waals surface area contributed by atoms with Gasteiger partial charge in [-0.1, -0.05) is 31.4 Å². The number of carbonyl (C=O) groups excluding carboxylic acids is 1. The average molecular weight is 290 g/mol. The van der Waals surface area contributed by atoms with Crippen LogP contribution in [0.15, 0.2) is 24.3 Å². The molecule has 0 bridgehead atoms. The minimum Gasteiger partial charge on any atom is -0.508 e. The van der Waals surface area contributed by atoms with Crippen LogP contribution in [0.2, 0.25) is 0 Å². The lowest BCUT2D eigenvalue weighted by Gasteiger charge is -2.38. The highest BCUT2D eigenvalue weighted by Gasteiger charge is 2.39. The Morgan fingerprint density at radius 1 is 1.19 bits per heavy atom. The molecule has 1 aliphatic carbocycles. The molecule has 1 fully saturated rings. The van der Waals surface area contributed by atoms with E-state index in [1.165, 1.54) is 6.42 Å². The van der Waals surface area contributed by atoms with E-state index in [1.54, 1.807) is 17.0 Å². The van der Waals surface area contributed by atoms with E-state index >= 15 is 0 Å². The van der Waals surface area contributed by atoms with Crippen LogP contribution in [0.1, 0.15) is 37.7 Å². The van der Waals surface area contributed by atoms with Gasteiger partial charge in [0.1, 0.15) is 5.75 Å². The molecule has 116 valence electrons. The largest absolute Gasteiger partial charge is 0.508 e. The molecule has 1 aromatic carbocycles. The summed E-state index contributed by atoms with van der Waals surface area (Å²) in [7, 11) is 3.69. The van der Waals surface area contributed by atoms with Crippen molar-refractivity contribution < 1.29 is 9.90 Å². The van der Waals surface area contributed by atoms with E-state index in [0.717, 1.165) is 44.3 Å². The normalized spacial score (nSPS) is 17.4. The van der Waals surface area contributed by atoms with Crippen molar-refractivity contribution in [3.8, 4) is 5.75 Å². The zero-order valence-corrected chi connectivity index (χ0v) is 13.1. The summed E-state index contributed by atoms with van der Waals surface area (Å²) in [5.41, 5.74) is 0.884. The van der Waals surface area contributed by atoms with E-state index < -0.39 is 0 Å². The highest BCUT2D eigenvalue weighted by Crippen LogP contribution is 2.37. The molecule has 2 rings (SSSR count). The van der Waals surface area contributed by atoms with E-state index in [2.05, 4.69) is 5.32 Å². The van der Waals surface area contributed by atoms with Crippen molar-refractivity contribution in [3.63, 3.8) is 0 Å². The minimum absolute atomic E-state index is 0.237. The van der Waals surface area contributed by atoms with E-state index in [-0.39, 0.29) is 17.1 Å². The molecule has 0 heterocycles. The second kappa shape index (κ2) is 6.94. The van der Waals surface area contributed by atoms with Crippen molar-refractivity contribution in [2.45, 2.75) is 38.6 Å². The zero-order chi connectivity index (χ0) is 15.3. The smallest absolute Gasteiger partial charge is 0.229 e. The summed E-state index contributed by atoms with van der Waals surface area (Å²) in [5, 5.41) is 12.7. The first-order chi connectivity index (χ1) is 10.0. The van der Waals surface area contributed by atoms with Crippen LogP contribution in [0.3, 0.4) is 0 Å². The maximum absolute atomic E-state index is 12.6. The van der Waals surface area contributed by atoms with Gasteiger partial charge in [-0.05, 0) is 30.5 Å². The molecule has 0 spiro atoms. The summed E-state index contributed by atoms with van der Waals surface area (Å²) in [5.74, 6) is 0.533. The number of amides is 1. The standard InChI is InChI=1S/C17H26N2O2/c1-19(2)16(21)17(10-4-3-5-11-17)13-18-12-14-6-8-15(20)9-7-14/h6-9,18,20H,3-5,10-13H2,1-2H3. The van der Waals surface area contributed by atoms with Gasteiger partial charge in [0.2, 0.25) is 5.91 Å². The quantitative estimate of drug-likeness (QED) is 0.876. The molecule has 0 unspecified atom stereocenters. The second-order valence-corrected chi connectivity index (χ2v) is 6.31. The first-order valence-corrected chi connectivity index (χ1v) is 7.74. The van der Waals surface area contributed by atoms with Gasteiger partial charge >= 0.3 is 0 Å². The number of phenols is 1. The van der Waals surface area contributed by atoms with Gasteiger partial charge in [0.25, 0.3) is 0 Å². The van der Waals surface area contributed by atoms with Crippen LogP contribution >= 0.6 is 0 Å². The van der Waals surface area contributed by atoms with Crippen molar-refractivity contribution in [1.82, 2.24) is 10.2 Å². The Morgan fingerprint density at radius 3 is 2.38 bits per heavy atom. The van der Waals surface area contributed by atoms with Crippen LogP contribution < -0.4 is 5.32 Å². The Bertz CT molecular complexity index is 462.